The summed E-state index contributed by atoms with van der Waals surface area (Å²) in [5, 5.41) is 11.6. The number of likely N-dealkylation sites (tertiary alicyclic amines) is 1. The van der Waals surface area contributed by atoms with E-state index >= 15 is 0 Å². The van der Waals surface area contributed by atoms with Gasteiger partial charge in [-0.05, 0) is 61.2 Å². The molecule has 3 aromatic rings. The average Bonchev–Trinajstić information content (AvgIpc) is 3.18. The maximum atomic E-state index is 13.5. The van der Waals surface area contributed by atoms with Crippen molar-refractivity contribution in [2.75, 3.05) is 19.8 Å². The van der Waals surface area contributed by atoms with Crippen molar-refractivity contribution >= 4 is 17.4 Å². The molecular weight excluding hydrogens is 496 g/mol. The predicted octanol–water partition coefficient (Wildman–Crippen LogP) is 5.54. The van der Waals surface area contributed by atoms with Crippen LogP contribution in [0.5, 0.6) is 17.2 Å². The Bertz CT molecular complexity index is 1350. The Balaban J connectivity index is 1.86. The molecule has 1 amide bonds. The summed E-state index contributed by atoms with van der Waals surface area (Å²) in [7, 11) is 0. The van der Waals surface area contributed by atoms with Crippen molar-refractivity contribution in [3.05, 3.63) is 89.3 Å². The normalized spacial score (nSPS) is 16.5. The molecular formula is C31H34N2O6. The summed E-state index contributed by atoms with van der Waals surface area (Å²) < 4.78 is 17.3. The number of benzene rings is 2. The van der Waals surface area contributed by atoms with Crippen molar-refractivity contribution in [3.63, 3.8) is 0 Å². The molecule has 0 saturated carbocycles. The third-order valence-corrected chi connectivity index (χ3v) is 6.19. The fourth-order valence-corrected chi connectivity index (χ4v) is 4.49. The molecule has 8 heteroatoms. The van der Waals surface area contributed by atoms with Gasteiger partial charge in [-0.1, -0.05) is 32.0 Å². The van der Waals surface area contributed by atoms with Crippen LogP contribution in [0, 0.1) is 5.92 Å². The molecule has 1 saturated heterocycles. The van der Waals surface area contributed by atoms with E-state index in [2.05, 4.69) is 18.8 Å². The van der Waals surface area contributed by atoms with Gasteiger partial charge in [0.15, 0.2) is 0 Å². The highest BCUT2D eigenvalue weighted by molar-refractivity contribution is 6.46. The highest BCUT2D eigenvalue weighted by Crippen LogP contribution is 2.43. The van der Waals surface area contributed by atoms with Crippen LogP contribution in [0.1, 0.15) is 50.4 Å². The van der Waals surface area contributed by atoms with Gasteiger partial charge in [0.05, 0.1) is 37.0 Å². The number of rotatable bonds is 11. The lowest BCUT2D eigenvalue weighted by atomic mass is 9.94. The SMILES string of the molecule is CCOc1ccc(/C(O)=C2\C(=O)C(=O)N(Cc3cccnc3)C2c2cccc(OCC(C)C)c2)c(OCC)c1. The first kappa shape index (κ1) is 27.7. The molecule has 1 aromatic heterocycles. The summed E-state index contributed by atoms with van der Waals surface area (Å²) in [6.07, 6.45) is 3.30. The Labute approximate surface area is 228 Å². The molecule has 4 rings (SSSR count). The lowest BCUT2D eigenvalue weighted by Crippen LogP contribution is -2.29. The Morgan fingerprint density at radius 1 is 0.974 bits per heavy atom. The number of aliphatic hydroxyl groups is 1. The minimum Gasteiger partial charge on any atom is -0.507 e. The summed E-state index contributed by atoms with van der Waals surface area (Å²) in [5.41, 5.74) is 1.68. The van der Waals surface area contributed by atoms with Crippen LogP contribution in [0.3, 0.4) is 0 Å². The zero-order valence-electron chi connectivity index (χ0n) is 22.7. The molecule has 1 N–H and O–H groups in total. The summed E-state index contributed by atoms with van der Waals surface area (Å²) in [5.74, 6) is 0.0695. The van der Waals surface area contributed by atoms with Crippen molar-refractivity contribution in [1.82, 2.24) is 9.88 Å². The van der Waals surface area contributed by atoms with E-state index in [1.165, 1.54) is 4.90 Å². The number of carbonyl (C=O) groups is 2. The van der Waals surface area contributed by atoms with E-state index in [9.17, 15) is 14.7 Å². The van der Waals surface area contributed by atoms with Gasteiger partial charge < -0.3 is 24.2 Å². The van der Waals surface area contributed by atoms with E-state index in [0.717, 1.165) is 5.56 Å². The largest absolute Gasteiger partial charge is 0.507 e. The zero-order valence-corrected chi connectivity index (χ0v) is 22.7. The summed E-state index contributed by atoms with van der Waals surface area (Å²) >= 11 is 0. The van der Waals surface area contributed by atoms with Crippen molar-refractivity contribution in [2.45, 2.75) is 40.3 Å². The molecule has 204 valence electrons. The van der Waals surface area contributed by atoms with Crippen LogP contribution in [0.25, 0.3) is 5.76 Å². The monoisotopic (exact) mass is 530 g/mol. The Hall–Kier alpha value is -4.33. The first-order chi connectivity index (χ1) is 18.8. The van der Waals surface area contributed by atoms with E-state index in [-0.39, 0.29) is 17.9 Å². The van der Waals surface area contributed by atoms with Gasteiger partial charge in [0.2, 0.25) is 0 Å². The summed E-state index contributed by atoms with van der Waals surface area (Å²) in [6.45, 7) is 9.26. The molecule has 0 spiro atoms. The molecule has 1 aliphatic rings. The van der Waals surface area contributed by atoms with Crippen LogP contribution in [-0.4, -0.2) is 46.5 Å². The third kappa shape index (κ3) is 6.22. The van der Waals surface area contributed by atoms with Crippen molar-refractivity contribution in [2.24, 2.45) is 5.92 Å². The molecule has 0 aliphatic carbocycles. The quantitative estimate of drug-likeness (QED) is 0.198. The van der Waals surface area contributed by atoms with Gasteiger partial charge >= 0.3 is 0 Å². The second-order valence-corrected chi connectivity index (χ2v) is 9.59. The Morgan fingerprint density at radius 2 is 1.74 bits per heavy atom. The van der Waals surface area contributed by atoms with Crippen molar-refractivity contribution in [1.29, 1.82) is 0 Å². The number of pyridine rings is 1. The highest BCUT2D eigenvalue weighted by atomic mass is 16.5. The van der Waals surface area contributed by atoms with Gasteiger partial charge in [-0.25, -0.2) is 0 Å². The van der Waals surface area contributed by atoms with E-state index in [1.54, 1.807) is 36.7 Å². The second-order valence-electron chi connectivity index (χ2n) is 9.59. The maximum absolute atomic E-state index is 13.5. The number of aromatic nitrogens is 1. The third-order valence-electron chi connectivity index (χ3n) is 6.19. The molecule has 1 fully saturated rings. The van der Waals surface area contributed by atoms with Gasteiger partial charge in [0, 0.05) is 25.0 Å². The van der Waals surface area contributed by atoms with Crippen LogP contribution in [-0.2, 0) is 16.1 Å². The predicted molar refractivity (Wildman–Crippen MR) is 148 cm³/mol. The number of nitrogens with zero attached hydrogens (tertiary/aromatic N) is 2. The van der Waals surface area contributed by atoms with E-state index < -0.39 is 17.7 Å². The molecule has 8 nitrogen and oxygen atoms in total. The lowest BCUT2D eigenvalue weighted by Gasteiger charge is -2.26. The van der Waals surface area contributed by atoms with Gasteiger partial charge in [-0.3, -0.25) is 14.6 Å². The minimum absolute atomic E-state index is 0.0185. The zero-order chi connectivity index (χ0) is 27.9. The Morgan fingerprint density at radius 3 is 2.44 bits per heavy atom. The highest BCUT2D eigenvalue weighted by Gasteiger charge is 2.46. The molecule has 0 radical (unpaired) electrons. The fraction of sp³-hybridized carbons (Fsp3) is 0.323. The van der Waals surface area contributed by atoms with Gasteiger partial charge in [-0.15, -0.1) is 0 Å². The first-order valence-electron chi connectivity index (χ1n) is 13.1. The van der Waals surface area contributed by atoms with Crippen LogP contribution in [0.15, 0.2) is 72.6 Å². The van der Waals surface area contributed by atoms with Crippen molar-refractivity contribution < 1.29 is 28.9 Å². The van der Waals surface area contributed by atoms with E-state index in [4.69, 9.17) is 14.2 Å². The Kier molecular flexibility index (Phi) is 8.86. The van der Waals surface area contributed by atoms with Gasteiger partial charge in [0.25, 0.3) is 11.7 Å². The first-order valence-corrected chi connectivity index (χ1v) is 13.1. The van der Waals surface area contributed by atoms with Crippen molar-refractivity contribution in [3.8, 4) is 17.2 Å². The molecule has 39 heavy (non-hydrogen) atoms. The van der Waals surface area contributed by atoms with E-state index in [1.807, 2.05) is 44.2 Å². The molecule has 1 aliphatic heterocycles. The number of hydrogen-bond donors (Lipinski definition) is 1. The molecule has 1 atom stereocenters. The topological polar surface area (TPSA) is 98.2 Å². The number of ether oxygens (including phenoxy) is 3. The number of carbonyl (C=O) groups excluding carboxylic acids is 2. The average molecular weight is 531 g/mol. The lowest BCUT2D eigenvalue weighted by molar-refractivity contribution is -0.140. The van der Waals surface area contributed by atoms with E-state index in [0.29, 0.717) is 54.1 Å². The number of amides is 1. The standard InChI is InChI=1S/C31H34N2O6/c1-5-37-24-12-13-25(26(16-24)38-6-2)29(34)27-28(22-10-7-11-23(15-22)39-19-20(3)4)33(31(36)30(27)35)18-21-9-8-14-32-17-21/h7-17,20,28,34H,5-6,18-19H2,1-4H3/b29-27+. The minimum atomic E-state index is -0.853. The van der Waals surface area contributed by atoms with Gasteiger partial charge in [-0.2, -0.15) is 0 Å². The smallest absolute Gasteiger partial charge is 0.295 e. The second kappa shape index (κ2) is 12.5. The molecule has 1 unspecified atom stereocenters. The number of ketones is 1. The van der Waals surface area contributed by atoms with Crippen LogP contribution in [0.4, 0.5) is 0 Å². The maximum Gasteiger partial charge on any atom is 0.295 e. The number of aliphatic hydroxyl groups excluding tert-OH is 1. The molecule has 0 bridgehead atoms. The summed E-state index contributed by atoms with van der Waals surface area (Å²) in [6, 6.07) is 15.0. The van der Waals surface area contributed by atoms with Crippen LogP contribution >= 0.6 is 0 Å². The van der Waals surface area contributed by atoms with Gasteiger partial charge in [0.1, 0.15) is 23.0 Å². The van der Waals surface area contributed by atoms with Crippen LogP contribution in [0.2, 0.25) is 0 Å². The summed E-state index contributed by atoms with van der Waals surface area (Å²) in [4.78, 5) is 32.5. The van der Waals surface area contributed by atoms with Crippen LogP contribution < -0.4 is 14.2 Å². The number of Topliss-reactive ketones (excluding diaryl/α,β-unsaturated/α-hetero) is 1. The number of hydrogen-bond acceptors (Lipinski definition) is 7. The molecule has 2 aromatic carbocycles. The molecule has 2 heterocycles. The fourth-order valence-electron chi connectivity index (χ4n) is 4.49.